The lowest BCUT2D eigenvalue weighted by Gasteiger charge is -2.16. The molecule has 0 fully saturated rings. The molecular formula is C19H30O4. The van der Waals surface area contributed by atoms with Gasteiger partial charge in [0.2, 0.25) is 0 Å². The lowest BCUT2D eigenvalue weighted by atomic mass is 9.97. The molecule has 23 heavy (non-hydrogen) atoms. The highest BCUT2D eigenvalue weighted by Crippen LogP contribution is 2.17. The maximum Gasteiger partial charge on any atom is 0.311 e. The maximum absolute atomic E-state index is 12.2. The van der Waals surface area contributed by atoms with Crippen LogP contribution in [-0.4, -0.2) is 12.6 Å². The minimum Gasteiger partial charge on any atom is -0.465 e. The first kappa shape index (κ1) is 19.5. The quantitative estimate of drug-likeness (QED) is 0.559. The second-order valence-corrected chi connectivity index (χ2v) is 7.08. The molecule has 0 unspecified atom stereocenters. The van der Waals surface area contributed by atoms with Crippen LogP contribution in [0.25, 0.3) is 0 Å². The van der Waals surface area contributed by atoms with E-state index in [-0.39, 0.29) is 11.4 Å². The minimum atomic E-state index is -0.445. The van der Waals surface area contributed by atoms with Gasteiger partial charge in [-0.15, -0.1) is 0 Å². The molecule has 0 aliphatic heterocycles. The van der Waals surface area contributed by atoms with Crippen LogP contribution < -0.4 is 5.43 Å². The largest absolute Gasteiger partial charge is 0.465 e. The fourth-order valence-electron chi connectivity index (χ4n) is 2.36. The number of rotatable bonds is 7. The molecule has 0 N–H and O–H groups in total. The Kier molecular flexibility index (Phi) is 7.04. The second kappa shape index (κ2) is 8.32. The number of hydrogen-bond acceptors (Lipinski definition) is 4. The first-order valence-corrected chi connectivity index (χ1v) is 8.47. The zero-order valence-electron chi connectivity index (χ0n) is 15.4. The molecule has 0 amide bonds. The molecule has 1 aromatic rings. The van der Waals surface area contributed by atoms with Crippen LogP contribution >= 0.6 is 0 Å². The van der Waals surface area contributed by atoms with Gasteiger partial charge in [0.05, 0.1) is 12.0 Å². The molecular weight excluding hydrogens is 292 g/mol. The molecule has 0 radical (unpaired) electrons. The summed E-state index contributed by atoms with van der Waals surface area (Å²) in [5, 5.41) is 0. The van der Waals surface area contributed by atoms with Crippen molar-refractivity contribution in [2.45, 2.75) is 73.6 Å². The topological polar surface area (TPSA) is 56.5 Å². The van der Waals surface area contributed by atoms with Gasteiger partial charge in [-0.2, -0.15) is 0 Å². The summed E-state index contributed by atoms with van der Waals surface area (Å²) in [6.07, 6.45) is 4.18. The highest BCUT2D eigenvalue weighted by Gasteiger charge is 2.22. The molecule has 4 heteroatoms. The third-order valence-corrected chi connectivity index (χ3v) is 3.98. The van der Waals surface area contributed by atoms with Gasteiger partial charge < -0.3 is 9.15 Å². The summed E-state index contributed by atoms with van der Waals surface area (Å²) in [5.74, 6) is 1.42. The Bertz CT molecular complexity index is 591. The lowest BCUT2D eigenvalue weighted by Crippen LogP contribution is -2.23. The first-order chi connectivity index (χ1) is 10.7. The van der Waals surface area contributed by atoms with Gasteiger partial charge in [0.1, 0.15) is 11.5 Å². The van der Waals surface area contributed by atoms with E-state index in [1.807, 2.05) is 41.5 Å². The predicted molar refractivity (Wildman–Crippen MR) is 91.8 cm³/mol. The highest BCUT2D eigenvalue weighted by atomic mass is 16.5. The lowest BCUT2D eigenvalue weighted by molar-refractivity contribution is -0.153. The van der Waals surface area contributed by atoms with E-state index in [0.717, 1.165) is 54.8 Å². The van der Waals surface area contributed by atoms with Crippen LogP contribution in [0.1, 0.15) is 69.6 Å². The fraction of sp³-hybridized carbons (Fsp3) is 0.684. The SMILES string of the molecule is CCc1oc(CCCCCOC(=O)C(C)(C)C)c(C)c(=O)c1C. The Labute approximate surface area is 139 Å². The molecule has 0 atom stereocenters. The number of esters is 1. The Morgan fingerprint density at radius 3 is 2.22 bits per heavy atom. The van der Waals surface area contributed by atoms with E-state index in [1.165, 1.54) is 0 Å². The summed E-state index contributed by atoms with van der Waals surface area (Å²) in [5.41, 5.74) is 1.10. The second-order valence-electron chi connectivity index (χ2n) is 7.08. The molecule has 1 heterocycles. The minimum absolute atomic E-state index is 0.0993. The third-order valence-electron chi connectivity index (χ3n) is 3.98. The molecule has 0 spiro atoms. The number of hydrogen-bond donors (Lipinski definition) is 0. The first-order valence-electron chi connectivity index (χ1n) is 8.47. The zero-order chi connectivity index (χ0) is 17.6. The number of unbranched alkanes of at least 4 members (excludes halogenated alkanes) is 2. The van der Waals surface area contributed by atoms with Gasteiger partial charge >= 0.3 is 5.97 Å². The summed E-state index contributed by atoms with van der Waals surface area (Å²) in [4.78, 5) is 23.8. The number of ether oxygens (including phenoxy) is 1. The van der Waals surface area contributed by atoms with Crippen LogP contribution in [0.5, 0.6) is 0 Å². The summed E-state index contributed by atoms with van der Waals surface area (Å²) >= 11 is 0. The van der Waals surface area contributed by atoms with Crippen LogP contribution in [0.15, 0.2) is 9.21 Å². The van der Waals surface area contributed by atoms with Crippen LogP contribution in [-0.2, 0) is 22.4 Å². The van der Waals surface area contributed by atoms with E-state index in [0.29, 0.717) is 6.61 Å². The number of aryl methyl sites for hydroxylation is 2. The smallest absolute Gasteiger partial charge is 0.311 e. The van der Waals surface area contributed by atoms with Crippen molar-refractivity contribution in [2.24, 2.45) is 5.41 Å². The van der Waals surface area contributed by atoms with E-state index in [1.54, 1.807) is 0 Å². The average Bonchev–Trinajstić information content (AvgIpc) is 2.49. The molecule has 0 aliphatic rings. The monoisotopic (exact) mass is 322 g/mol. The highest BCUT2D eigenvalue weighted by molar-refractivity contribution is 5.75. The Morgan fingerprint density at radius 2 is 1.65 bits per heavy atom. The van der Waals surface area contributed by atoms with E-state index >= 15 is 0 Å². The normalized spacial score (nSPS) is 11.6. The third kappa shape index (κ3) is 5.52. The van der Waals surface area contributed by atoms with Crippen LogP contribution in [0, 0.1) is 19.3 Å². The van der Waals surface area contributed by atoms with Gasteiger partial charge in [-0.1, -0.05) is 6.92 Å². The van der Waals surface area contributed by atoms with Gasteiger partial charge in [-0.3, -0.25) is 9.59 Å². The van der Waals surface area contributed by atoms with E-state index in [4.69, 9.17) is 9.15 Å². The summed E-state index contributed by atoms with van der Waals surface area (Å²) < 4.78 is 11.1. The van der Waals surface area contributed by atoms with E-state index in [9.17, 15) is 9.59 Å². The van der Waals surface area contributed by atoms with Gasteiger partial charge in [0.15, 0.2) is 5.43 Å². The molecule has 1 aromatic heterocycles. The van der Waals surface area contributed by atoms with Crippen LogP contribution in [0.3, 0.4) is 0 Å². The van der Waals surface area contributed by atoms with Gasteiger partial charge in [-0.05, 0) is 53.9 Å². The van der Waals surface area contributed by atoms with Crippen molar-refractivity contribution in [1.29, 1.82) is 0 Å². The van der Waals surface area contributed by atoms with Crippen molar-refractivity contribution < 1.29 is 13.9 Å². The van der Waals surface area contributed by atoms with Crippen molar-refractivity contribution in [3.63, 3.8) is 0 Å². The van der Waals surface area contributed by atoms with Crippen molar-refractivity contribution in [2.75, 3.05) is 6.61 Å². The summed E-state index contributed by atoms with van der Waals surface area (Å²) in [6, 6.07) is 0. The zero-order valence-corrected chi connectivity index (χ0v) is 15.4. The molecule has 0 bridgehead atoms. The molecule has 4 nitrogen and oxygen atoms in total. The van der Waals surface area contributed by atoms with E-state index in [2.05, 4.69) is 0 Å². The molecule has 0 saturated carbocycles. The van der Waals surface area contributed by atoms with E-state index < -0.39 is 5.41 Å². The van der Waals surface area contributed by atoms with Crippen molar-refractivity contribution in [3.05, 3.63) is 32.9 Å². The fourth-order valence-corrected chi connectivity index (χ4v) is 2.36. The van der Waals surface area contributed by atoms with Gasteiger partial charge in [0, 0.05) is 24.0 Å². The predicted octanol–water partition coefficient (Wildman–Crippen LogP) is 4.12. The molecule has 0 aromatic carbocycles. The number of carbonyl (C=O) groups excluding carboxylic acids is 1. The van der Waals surface area contributed by atoms with Crippen LogP contribution in [0.4, 0.5) is 0 Å². The molecule has 0 aliphatic carbocycles. The average molecular weight is 322 g/mol. The Balaban J connectivity index is 2.44. The maximum atomic E-state index is 12.2. The molecule has 1 rings (SSSR count). The molecule has 130 valence electrons. The Morgan fingerprint density at radius 1 is 1.04 bits per heavy atom. The van der Waals surface area contributed by atoms with Crippen molar-refractivity contribution in [1.82, 2.24) is 0 Å². The van der Waals surface area contributed by atoms with Gasteiger partial charge in [-0.25, -0.2) is 0 Å². The standard InChI is InChI=1S/C19H30O4/c1-7-15-13(2)17(20)14(3)16(23-15)11-9-8-10-12-22-18(21)19(4,5)6/h7-12H2,1-6H3. The Hall–Kier alpha value is -1.58. The van der Waals surface area contributed by atoms with Gasteiger partial charge in [0.25, 0.3) is 0 Å². The number of carbonyl (C=O) groups is 1. The van der Waals surface area contributed by atoms with Crippen molar-refractivity contribution >= 4 is 5.97 Å². The van der Waals surface area contributed by atoms with Crippen molar-refractivity contribution in [3.8, 4) is 0 Å². The summed E-state index contributed by atoms with van der Waals surface area (Å²) in [7, 11) is 0. The molecule has 0 saturated heterocycles. The summed E-state index contributed by atoms with van der Waals surface area (Å²) in [6.45, 7) is 11.7. The van der Waals surface area contributed by atoms with Crippen LogP contribution in [0.2, 0.25) is 0 Å².